The summed E-state index contributed by atoms with van der Waals surface area (Å²) in [6.45, 7) is 4.20. The van der Waals surface area contributed by atoms with Gasteiger partial charge in [-0.2, -0.15) is 0 Å². The molecular weight excluding hydrogens is 306 g/mol. The molecule has 5 nitrogen and oxygen atoms in total. The van der Waals surface area contributed by atoms with Gasteiger partial charge >= 0.3 is 0 Å². The molecule has 0 bridgehead atoms. The third-order valence-corrected chi connectivity index (χ3v) is 4.42. The summed E-state index contributed by atoms with van der Waals surface area (Å²) in [5, 5.41) is 40.4. The molecule has 0 spiro atoms. The topological polar surface area (TPSA) is 107 Å². The number of aryl methyl sites for hydroxylation is 2. The fourth-order valence-corrected chi connectivity index (χ4v) is 3.05. The Morgan fingerprint density at radius 2 is 1.17 bits per heavy atom. The zero-order valence-corrected chi connectivity index (χ0v) is 14.1. The average molecular weight is 331 g/mol. The highest BCUT2D eigenvalue weighted by atomic mass is 16.3. The van der Waals surface area contributed by atoms with Crippen LogP contribution in [-0.4, -0.2) is 27.0 Å². The summed E-state index contributed by atoms with van der Waals surface area (Å²) < 4.78 is 0. The SMILES string of the molecule is CCc1cc(C(CCN)c2cc(CC)c(O)cc2O)c(O)cc1O. The third-order valence-electron chi connectivity index (χ3n) is 4.42. The Labute approximate surface area is 142 Å². The lowest BCUT2D eigenvalue weighted by Crippen LogP contribution is -2.10. The van der Waals surface area contributed by atoms with Gasteiger partial charge in [0.2, 0.25) is 0 Å². The largest absolute Gasteiger partial charge is 0.508 e. The number of phenols is 4. The van der Waals surface area contributed by atoms with Crippen LogP contribution in [0.15, 0.2) is 24.3 Å². The molecule has 24 heavy (non-hydrogen) atoms. The lowest BCUT2D eigenvalue weighted by Gasteiger charge is -2.22. The highest BCUT2D eigenvalue weighted by Crippen LogP contribution is 2.42. The van der Waals surface area contributed by atoms with E-state index in [-0.39, 0.29) is 28.9 Å². The molecule has 0 heterocycles. The van der Waals surface area contributed by atoms with Crippen molar-refractivity contribution in [3.8, 4) is 23.0 Å². The third kappa shape index (κ3) is 3.41. The van der Waals surface area contributed by atoms with Crippen LogP contribution in [0.25, 0.3) is 0 Å². The van der Waals surface area contributed by atoms with Gasteiger partial charge in [-0.15, -0.1) is 0 Å². The second-order valence-electron chi connectivity index (χ2n) is 5.92. The van der Waals surface area contributed by atoms with Crippen LogP contribution in [0.5, 0.6) is 23.0 Å². The highest BCUT2D eigenvalue weighted by molar-refractivity contribution is 5.54. The van der Waals surface area contributed by atoms with Crippen molar-refractivity contribution in [2.45, 2.75) is 39.0 Å². The molecule has 0 saturated carbocycles. The molecule has 0 unspecified atom stereocenters. The number of rotatable bonds is 6. The minimum atomic E-state index is -0.327. The van der Waals surface area contributed by atoms with E-state index in [1.807, 2.05) is 13.8 Å². The Balaban J connectivity index is 2.63. The van der Waals surface area contributed by atoms with E-state index >= 15 is 0 Å². The molecule has 2 aromatic rings. The number of hydrogen-bond acceptors (Lipinski definition) is 5. The Kier molecular flexibility index (Phi) is 5.57. The van der Waals surface area contributed by atoms with Gasteiger partial charge in [0.25, 0.3) is 0 Å². The van der Waals surface area contributed by atoms with Crippen LogP contribution < -0.4 is 5.73 Å². The number of nitrogens with two attached hydrogens (primary N) is 1. The van der Waals surface area contributed by atoms with E-state index in [4.69, 9.17) is 5.73 Å². The van der Waals surface area contributed by atoms with Crippen molar-refractivity contribution in [2.75, 3.05) is 6.54 Å². The molecule has 0 aromatic heterocycles. The molecule has 0 atom stereocenters. The number of hydrogen-bond donors (Lipinski definition) is 5. The van der Waals surface area contributed by atoms with Crippen molar-refractivity contribution < 1.29 is 20.4 Å². The van der Waals surface area contributed by atoms with Gasteiger partial charge in [-0.1, -0.05) is 13.8 Å². The first-order valence-corrected chi connectivity index (χ1v) is 8.22. The van der Waals surface area contributed by atoms with Gasteiger partial charge in [0.1, 0.15) is 23.0 Å². The predicted molar refractivity (Wildman–Crippen MR) is 93.8 cm³/mol. The molecule has 2 aromatic carbocycles. The highest BCUT2D eigenvalue weighted by Gasteiger charge is 2.23. The maximum Gasteiger partial charge on any atom is 0.123 e. The minimum absolute atomic E-state index is 0.0336. The Morgan fingerprint density at radius 3 is 1.50 bits per heavy atom. The summed E-state index contributed by atoms with van der Waals surface area (Å²) in [7, 11) is 0. The van der Waals surface area contributed by atoms with E-state index in [0.717, 1.165) is 11.1 Å². The van der Waals surface area contributed by atoms with E-state index in [1.54, 1.807) is 12.1 Å². The number of aromatic hydroxyl groups is 4. The van der Waals surface area contributed by atoms with Gasteiger partial charge in [-0.05, 0) is 49.1 Å². The number of phenolic OH excluding ortho intramolecular Hbond substituents is 4. The van der Waals surface area contributed by atoms with Crippen LogP contribution in [0.4, 0.5) is 0 Å². The van der Waals surface area contributed by atoms with Gasteiger partial charge < -0.3 is 26.2 Å². The number of benzene rings is 2. The first-order chi connectivity index (χ1) is 11.4. The molecule has 0 aliphatic heterocycles. The predicted octanol–water partition coefficient (Wildman–Crippen LogP) is 3.11. The Bertz CT molecular complexity index is 668. The summed E-state index contributed by atoms with van der Waals surface area (Å²) in [6, 6.07) is 6.16. The molecule has 0 fully saturated rings. The minimum Gasteiger partial charge on any atom is -0.508 e. The first kappa shape index (κ1) is 17.9. The van der Waals surface area contributed by atoms with Crippen LogP contribution in [0.2, 0.25) is 0 Å². The van der Waals surface area contributed by atoms with E-state index in [1.165, 1.54) is 12.1 Å². The van der Waals surface area contributed by atoms with Crippen molar-refractivity contribution >= 4 is 0 Å². The first-order valence-electron chi connectivity index (χ1n) is 8.22. The molecule has 0 amide bonds. The Morgan fingerprint density at radius 1 is 0.750 bits per heavy atom. The van der Waals surface area contributed by atoms with Crippen LogP contribution in [0, 0.1) is 0 Å². The monoisotopic (exact) mass is 331 g/mol. The van der Waals surface area contributed by atoms with Gasteiger partial charge in [0.15, 0.2) is 0 Å². The standard InChI is InChI=1S/C19H25NO4/c1-3-11-7-14(18(23)9-16(11)21)13(5-6-20)15-8-12(4-2)17(22)10-19(15)24/h7-10,13,21-24H,3-6,20H2,1-2H3. The molecule has 0 aliphatic carbocycles. The summed E-state index contributed by atoms with van der Waals surface area (Å²) >= 11 is 0. The normalized spacial score (nSPS) is 11.2. The van der Waals surface area contributed by atoms with Gasteiger partial charge in [-0.25, -0.2) is 0 Å². The van der Waals surface area contributed by atoms with Crippen molar-refractivity contribution in [1.29, 1.82) is 0 Å². The van der Waals surface area contributed by atoms with E-state index in [0.29, 0.717) is 36.9 Å². The molecule has 0 aliphatic rings. The Hall–Kier alpha value is -2.40. The summed E-state index contributed by atoms with van der Waals surface area (Å²) in [5.74, 6) is -0.294. The maximum absolute atomic E-state index is 10.3. The van der Waals surface area contributed by atoms with E-state index in [9.17, 15) is 20.4 Å². The smallest absolute Gasteiger partial charge is 0.123 e. The summed E-state index contributed by atoms with van der Waals surface area (Å²) in [6.07, 6.45) is 1.76. The molecule has 5 heteroatoms. The zero-order valence-electron chi connectivity index (χ0n) is 14.1. The maximum atomic E-state index is 10.3. The molecule has 0 saturated heterocycles. The van der Waals surface area contributed by atoms with Crippen LogP contribution in [0.1, 0.15) is 48.4 Å². The van der Waals surface area contributed by atoms with Crippen LogP contribution in [0.3, 0.4) is 0 Å². The van der Waals surface area contributed by atoms with Crippen LogP contribution in [-0.2, 0) is 12.8 Å². The molecule has 6 N–H and O–H groups in total. The summed E-state index contributed by atoms with van der Waals surface area (Å²) in [5.41, 5.74) is 8.40. The van der Waals surface area contributed by atoms with Crippen molar-refractivity contribution in [2.24, 2.45) is 5.73 Å². The van der Waals surface area contributed by atoms with Crippen LogP contribution >= 0.6 is 0 Å². The average Bonchev–Trinajstić information content (AvgIpc) is 2.54. The molecular formula is C19H25NO4. The van der Waals surface area contributed by atoms with Crippen molar-refractivity contribution in [3.05, 3.63) is 46.5 Å². The van der Waals surface area contributed by atoms with Gasteiger partial charge in [-0.3, -0.25) is 0 Å². The van der Waals surface area contributed by atoms with E-state index in [2.05, 4.69) is 0 Å². The molecule has 0 radical (unpaired) electrons. The fourth-order valence-electron chi connectivity index (χ4n) is 3.05. The van der Waals surface area contributed by atoms with Crippen molar-refractivity contribution in [1.82, 2.24) is 0 Å². The fraction of sp³-hybridized carbons (Fsp3) is 0.368. The van der Waals surface area contributed by atoms with Crippen molar-refractivity contribution in [3.63, 3.8) is 0 Å². The quantitative estimate of drug-likeness (QED) is 0.559. The lowest BCUT2D eigenvalue weighted by atomic mass is 9.85. The van der Waals surface area contributed by atoms with E-state index < -0.39 is 0 Å². The second kappa shape index (κ2) is 7.45. The second-order valence-corrected chi connectivity index (χ2v) is 5.92. The molecule has 2 rings (SSSR count). The van der Waals surface area contributed by atoms with Gasteiger partial charge in [0.05, 0.1) is 0 Å². The van der Waals surface area contributed by atoms with Gasteiger partial charge in [0, 0.05) is 29.2 Å². The zero-order chi connectivity index (χ0) is 17.9. The lowest BCUT2D eigenvalue weighted by molar-refractivity contribution is 0.431. The molecule has 130 valence electrons. The summed E-state index contributed by atoms with van der Waals surface area (Å²) in [4.78, 5) is 0.